The van der Waals surface area contributed by atoms with Crippen LogP contribution in [-0.4, -0.2) is 42.4 Å². The van der Waals surface area contributed by atoms with E-state index in [0.717, 1.165) is 46.9 Å². The number of hydrogen-bond acceptors (Lipinski definition) is 1. The van der Waals surface area contributed by atoms with Crippen LogP contribution in [0.25, 0.3) is 10.9 Å². The lowest BCUT2D eigenvalue weighted by atomic mass is 9.88. The first-order chi connectivity index (χ1) is 9.07. The minimum Gasteiger partial charge on any atom is -1.00 e. The third-order valence-corrected chi connectivity index (χ3v) is 4.39. The zero-order valence-corrected chi connectivity index (χ0v) is 14.2. The first kappa shape index (κ1) is 15.5. The highest BCUT2D eigenvalue weighted by atomic mass is 127. The third kappa shape index (κ3) is 2.91. The second kappa shape index (κ2) is 5.85. The predicted octanol–water partition coefficient (Wildman–Crippen LogP) is -0.159. The molecule has 20 heavy (non-hydrogen) atoms. The second-order valence-electron chi connectivity index (χ2n) is 6.27. The lowest BCUT2D eigenvalue weighted by Gasteiger charge is -2.36. The van der Waals surface area contributed by atoms with Crippen molar-refractivity contribution in [3.8, 4) is 0 Å². The number of carbonyl (C=O) groups excluding carboxylic acids is 1. The van der Waals surface area contributed by atoms with Crippen molar-refractivity contribution in [1.29, 1.82) is 0 Å². The van der Waals surface area contributed by atoms with E-state index in [0.29, 0.717) is 5.78 Å². The summed E-state index contributed by atoms with van der Waals surface area (Å²) in [6.07, 6.45) is 3.89. The number of halogens is 1. The summed E-state index contributed by atoms with van der Waals surface area (Å²) in [7, 11) is 4.48. The molecule has 0 bridgehead atoms. The number of piperidine rings is 1. The van der Waals surface area contributed by atoms with E-state index in [1.54, 1.807) is 0 Å². The molecule has 3 rings (SSSR count). The van der Waals surface area contributed by atoms with Crippen molar-refractivity contribution >= 4 is 16.7 Å². The topological polar surface area (TPSA) is 32.9 Å². The van der Waals surface area contributed by atoms with Gasteiger partial charge in [0.15, 0.2) is 5.78 Å². The monoisotopic (exact) mass is 384 g/mol. The molecule has 2 heterocycles. The SMILES string of the molecule is C[N+]1(C)CCC(C(=O)c2c[nH]c3ccccc23)CC1.[I-]. The Bertz CT molecular complexity index is 608. The molecule has 1 saturated heterocycles. The van der Waals surface area contributed by atoms with Crippen LogP contribution in [0.4, 0.5) is 0 Å². The largest absolute Gasteiger partial charge is 1.00 e. The fourth-order valence-electron chi connectivity index (χ4n) is 3.02. The number of nitrogens with one attached hydrogen (secondary N) is 1. The zero-order valence-electron chi connectivity index (χ0n) is 12.0. The fourth-order valence-corrected chi connectivity index (χ4v) is 3.02. The van der Waals surface area contributed by atoms with Crippen LogP contribution in [0.5, 0.6) is 0 Å². The van der Waals surface area contributed by atoms with Gasteiger partial charge >= 0.3 is 0 Å². The molecular weight excluding hydrogens is 363 g/mol. The lowest BCUT2D eigenvalue weighted by Crippen LogP contribution is -3.00. The normalized spacial score (nSPS) is 18.7. The summed E-state index contributed by atoms with van der Waals surface area (Å²) in [4.78, 5) is 15.9. The summed E-state index contributed by atoms with van der Waals surface area (Å²) in [5.41, 5.74) is 1.92. The van der Waals surface area contributed by atoms with Crippen molar-refractivity contribution in [2.75, 3.05) is 27.2 Å². The van der Waals surface area contributed by atoms with E-state index in [9.17, 15) is 4.79 Å². The Morgan fingerprint density at radius 2 is 1.85 bits per heavy atom. The minimum atomic E-state index is 0. The molecule has 1 N–H and O–H groups in total. The van der Waals surface area contributed by atoms with Crippen molar-refractivity contribution in [1.82, 2.24) is 4.98 Å². The van der Waals surface area contributed by atoms with Crippen LogP contribution in [0.15, 0.2) is 30.5 Å². The Kier molecular flexibility index (Phi) is 4.54. The van der Waals surface area contributed by atoms with Gasteiger partial charge in [-0.05, 0) is 6.07 Å². The van der Waals surface area contributed by atoms with Gasteiger partial charge in [-0.3, -0.25) is 4.79 Å². The van der Waals surface area contributed by atoms with Gasteiger partial charge in [-0.15, -0.1) is 0 Å². The minimum absolute atomic E-state index is 0. The number of nitrogens with zero attached hydrogens (tertiary/aromatic N) is 1. The van der Waals surface area contributed by atoms with Gasteiger partial charge < -0.3 is 33.4 Å². The Labute approximate surface area is 137 Å². The summed E-state index contributed by atoms with van der Waals surface area (Å²) < 4.78 is 1.04. The van der Waals surface area contributed by atoms with Crippen molar-refractivity contribution < 1.29 is 33.3 Å². The molecule has 1 aliphatic heterocycles. The highest BCUT2D eigenvalue weighted by molar-refractivity contribution is 6.08. The first-order valence-electron chi connectivity index (χ1n) is 6.99. The number of benzene rings is 1. The smallest absolute Gasteiger partial charge is 0.168 e. The van der Waals surface area contributed by atoms with E-state index >= 15 is 0 Å². The van der Waals surface area contributed by atoms with Crippen LogP contribution in [-0.2, 0) is 0 Å². The van der Waals surface area contributed by atoms with Crippen molar-refractivity contribution in [3.63, 3.8) is 0 Å². The molecule has 108 valence electrons. The highest BCUT2D eigenvalue weighted by Gasteiger charge is 2.31. The fraction of sp³-hybridized carbons (Fsp3) is 0.438. The molecule has 3 nitrogen and oxygen atoms in total. The number of carbonyl (C=O) groups is 1. The van der Waals surface area contributed by atoms with Crippen LogP contribution in [0.3, 0.4) is 0 Å². The number of fused-ring (bicyclic) bond motifs is 1. The quantitative estimate of drug-likeness (QED) is 0.436. The molecule has 1 aliphatic rings. The number of quaternary nitrogens is 1. The number of hydrogen-bond donors (Lipinski definition) is 1. The zero-order chi connectivity index (χ0) is 13.5. The van der Waals surface area contributed by atoms with Crippen molar-refractivity contribution in [2.24, 2.45) is 5.92 Å². The Hall–Kier alpha value is -0.880. The average molecular weight is 384 g/mol. The predicted molar refractivity (Wildman–Crippen MR) is 77.2 cm³/mol. The first-order valence-corrected chi connectivity index (χ1v) is 6.99. The molecule has 0 radical (unpaired) electrons. The second-order valence-corrected chi connectivity index (χ2v) is 6.27. The highest BCUT2D eigenvalue weighted by Crippen LogP contribution is 2.27. The van der Waals surface area contributed by atoms with Gasteiger partial charge in [0.1, 0.15) is 0 Å². The van der Waals surface area contributed by atoms with E-state index in [-0.39, 0.29) is 29.9 Å². The van der Waals surface area contributed by atoms with Crippen molar-refractivity contribution in [2.45, 2.75) is 12.8 Å². The van der Waals surface area contributed by atoms with Crippen LogP contribution < -0.4 is 24.0 Å². The molecule has 0 spiro atoms. The molecular formula is C16H21IN2O. The maximum atomic E-state index is 12.7. The van der Waals surface area contributed by atoms with Gasteiger partial charge in [-0.25, -0.2) is 0 Å². The Balaban J connectivity index is 0.00000147. The molecule has 0 saturated carbocycles. The molecule has 0 aliphatic carbocycles. The lowest BCUT2D eigenvalue weighted by molar-refractivity contribution is -0.895. The molecule has 1 aromatic carbocycles. The summed E-state index contributed by atoms with van der Waals surface area (Å²) in [5.74, 6) is 0.516. The summed E-state index contributed by atoms with van der Waals surface area (Å²) in [6.45, 7) is 2.19. The molecule has 0 amide bonds. The number of para-hydroxylation sites is 1. The summed E-state index contributed by atoms with van der Waals surface area (Å²) >= 11 is 0. The number of likely N-dealkylation sites (tertiary alicyclic amines) is 1. The molecule has 0 unspecified atom stereocenters. The summed E-state index contributed by atoms with van der Waals surface area (Å²) in [5, 5.41) is 1.06. The van der Waals surface area contributed by atoms with Crippen LogP contribution in [0.2, 0.25) is 0 Å². The van der Waals surface area contributed by atoms with E-state index in [1.165, 1.54) is 0 Å². The molecule has 0 atom stereocenters. The van der Waals surface area contributed by atoms with Crippen molar-refractivity contribution in [3.05, 3.63) is 36.0 Å². The van der Waals surface area contributed by atoms with E-state index in [1.807, 2.05) is 30.5 Å². The number of aromatic amines is 1. The molecule has 4 heteroatoms. The van der Waals surface area contributed by atoms with Gasteiger partial charge in [0.05, 0.1) is 27.2 Å². The van der Waals surface area contributed by atoms with Gasteiger partial charge in [0, 0.05) is 41.4 Å². The molecule has 1 aromatic heterocycles. The van der Waals surface area contributed by atoms with E-state index < -0.39 is 0 Å². The molecule has 1 fully saturated rings. The Morgan fingerprint density at radius 3 is 2.55 bits per heavy atom. The van der Waals surface area contributed by atoms with Gasteiger partial charge in [-0.1, -0.05) is 18.2 Å². The van der Waals surface area contributed by atoms with Gasteiger partial charge in [0.25, 0.3) is 0 Å². The van der Waals surface area contributed by atoms with Crippen LogP contribution in [0.1, 0.15) is 23.2 Å². The Morgan fingerprint density at radius 1 is 1.20 bits per heavy atom. The van der Waals surface area contributed by atoms with E-state index in [2.05, 4.69) is 19.1 Å². The van der Waals surface area contributed by atoms with Crippen LogP contribution in [0, 0.1) is 5.92 Å². The van der Waals surface area contributed by atoms with Gasteiger partial charge in [-0.2, -0.15) is 0 Å². The number of Topliss-reactive ketones (excluding diaryl/α,β-unsaturated/α-hetero) is 1. The average Bonchev–Trinajstić information content (AvgIpc) is 2.82. The standard InChI is InChI=1S/C16H20N2O.HI/c1-18(2)9-7-12(8-10-18)16(19)14-11-17-15-6-4-3-5-13(14)15;/h3-6,11-12H,7-10H2,1-2H3;1H. The third-order valence-electron chi connectivity index (χ3n) is 4.39. The number of rotatable bonds is 2. The maximum Gasteiger partial charge on any atom is 0.168 e. The number of ketones is 1. The summed E-state index contributed by atoms with van der Waals surface area (Å²) in [6, 6.07) is 8.04. The van der Waals surface area contributed by atoms with Gasteiger partial charge in [0.2, 0.25) is 0 Å². The number of aromatic nitrogens is 1. The van der Waals surface area contributed by atoms with E-state index in [4.69, 9.17) is 0 Å². The van der Waals surface area contributed by atoms with Crippen LogP contribution >= 0.6 is 0 Å². The maximum absolute atomic E-state index is 12.7. The molecule has 2 aromatic rings. The number of H-pyrrole nitrogens is 1.